The Labute approximate surface area is 368 Å². The summed E-state index contributed by atoms with van der Waals surface area (Å²) < 4.78 is 18.2. The summed E-state index contributed by atoms with van der Waals surface area (Å²) in [5, 5.41) is 9.28. The van der Waals surface area contributed by atoms with Crippen molar-refractivity contribution < 1.29 is 8.83 Å². The van der Waals surface area contributed by atoms with Crippen molar-refractivity contribution >= 4 is 97.2 Å². The Balaban J connectivity index is 0.914. The third-order valence-electron chi connectivity index (χ3n) is 12.7. The molecule has 0 atom stereocenters. The van der Waals surface area contributed by atoms with Gasteiger partial charge in [0.05, 0.1) is 15.7 Å². The summed E-state index contributed by atoms with van der Waals surface area (Å²) in [6.07, 6.45) is 0. The number of hydrogen-bond donors (Lipinski definition) is 0. The Morgan fingerprint density at radius 1 is 0.375 bits per heavy atom. The van der Waals surface area contributed by atoms with E-state index in [4.69, 9.17) is 23.8 Å². The first-order valence-corrected chi connectivity index (χ1v) is 22.1. The second kappa shape index (κ2) is 13.6. The van der Waals surface area contributed by atoms with Crippen molar-refractivity contribution in [2.45, 2.75) is 0 Å². The van der Waals surface area contributed by atoms with Gasteiger partial charge in [-0.25, -0.2) is 15.0 Å². The van der Waals surface area contributed by atoms with Crippen LogP contribution in [0.25, 0.3) is 137 Å². The second-order valence-electron chi connectivity index (χ2n) is 16.3. The molecule has 0 fully saturated rings. The zero-order valence-electron chi connectivity index (χ0n) is 34.0. The summed E-state index contributed by atoms with van der Waals surface area (Å²) in [6.45, 7) is 0. The van der Waals surface area contributed by atoms with E-state index in [0.717, 1.165) is 77.4 Å². The van der Waals surface area contributed by atoms with E-state index >= 15 is 0 Å². The lowest BCUT2D eigenvalue weighted by Gasteiger charge is -2.09. The van der Waals surface area contributed by atoms with E-state index in [1.165, 1.54) is 42.0 Å². The summed E-state index contributed by atoms with van der Waals surface area (Å²) in [4.78, 5) is 14.8. The summed E-state index contributed by atoms with van der Waals surface area (Å²) in [5.74, 6) is 1.83. The molecule has 64 heavy (non-hydrogen) atoms. The number of hydrogen-bond acceptors (Lipinski definition) is 6. The molecule has 7 heteroatoms. The van der Waals surface area contributed by atoms with E-state index in [2.05, 4.69) is 132 Å². The SMILES string of the molecule is c1ccc(-c2nc(-c3ccccc3)nc(-c3ccc4c(c3)oc3ccc(-c5cccc6oc7ccc(-n8c9ccccc9c9ccc%10c%11ccccc%11sc%10c98)cc7c56)cc34)n2)cc1. The molecule has 5 heterocycles. The Morgan fingerprint density at radius 2 is 1.02 bits per heavy atom. The van der Waals surface area contributed by atoms with Crippen molar-refractivity contribution in [3.8, 4) is 51.0 Å². The minimum atomic E-state index is 0.586. The number of fused-ring (bicyclic) bond motifs is 13. The molecule has 0 amide bonds. The molecule has 0 aliphatic rings. The van der Waals surface area contributed by atoms with Crippen LogP contribution in [0.2, 0.25) is 0 Å². The zero-order chi connectivity index (χ0) is 41.9. The summed E-state index contributed by atoms with van der Waals surface area (Å²) in [6, 6.07) is 67.8. The van der Waals surface area contributed by atoms with E-state index in [0.29, 0.717) is 17.5 Å². The molecule has 6 nitrogen and oxygen atoms in total. The first kappa shape index (κ1) is 35.2. The van der Waals surface area contributed by atoms with E-state index in [1.807, 2.05) is 78.1 Å². The van der Waals surface area contributed by atoms with Gasteiger partial charge in [0.15, 0.2) is 17.5 Å². The number of furan rings is 2. The fraction of sp³-hybridized carbons (Fsp3) is 0. The lowest BCUT2D eigenvalue weighted by atomic mass is 9.97. The smallest absolute Gasteiger partial charge is 0.164 e. The van der Waals surface area contributed by atoms with Crippen LogP contribution >= 0.6 is 11.3 Å². The maximum atomic E-state index is 6.60. The molecule has 0 aliphatic carbocycles. The van der Waals surface area contributed by atoms with E-state index in [9.17, 15) is 0 Å². The largest absolute Gasteiger partial charge is 0.456 e. The van der Waals surface area contributed by atoms with Crippen LogP contribution in [-0.2, 0) is 0 Å². The number of aromatic nitrogens is 4. The average Bonchev–Trinajstić information content (AvgIpc) is 4.12. The second-order valence-corrected chi connectivity index (χ2v) is 17.4. The summed E-state index contributed by atoms with van der Waals surface area (Å²) in [5.41, 5.74) is 11.7. The van der Waals surface area contributed by atoms with Gasteiger partial charge in [-0.2, -0.15) is 0 Å². The van der Waals surface area contributed by atoms with Crippen molar-refractivity contribution in [3.05, 3.63) is 194 Å². The molecular weight excluding hydrogens is 805 g/mol. The molecule has 0 radical (unpaired) electrons. The number of thiophene rings is 1. The molecule has 0 N–H and O–H groups in total. The molecule has 0 spiro atoms. The highest BCUT2D eigenvalue weighted by Gasteiger charge is 2.21. The molecule has 14 aromatic rings. The van der Waals surface area contributed by atoms with Crippen molar-refractivity contribution in [1.29, 1.82) is 0 Å². The maximum absolute atomic E-state index is 6.60. The van der Waals surface area contributed by atoms with Gasteiger partial charge in [-0.05, 0) is 71.8 Å². The molecule has 298 valence electrons. The maximum Gasteiger partial charge on any atom is 0.164 e. The molecule has 5 aromatic heterocycles. The van der Waals surface area contributed by atoms with Gasteiger partial charge in [0.1, 0.15) is 22.3 Å². The van der Waals surface area contributed by atoms with Gasteiger partial charge in [0.25, 0.3) is 0 Å². The van der Waals surface area contributed by atoms with Gasteiger partial charge in [0.2, 0.25) is 0 Å². The van der Waals surface area contributed by atoms with Gasteiger partial charge in [-0.3, -0.25) is 0 Å². The van der Waals surface area contributed by atoms with Crippen molar-refractivity contribution in [2.75, 3.05) is 0 Å². The molecule has 0 bridgehead atoms. The van der Waals surface area contributed by atoms with Gasteiger partial charge >= 0.3 is 0 Å². The monoisotopic (exact) mass is 836 g/mol. The molecule has 0 unspecified atom stereocenters. The van der Waals surface area contributed by atoms with Gasteiger partial charge < -0.3 is 13.4 Å². The zero-order valence-corrected chi connectivity index (χ0v) is 34.8. The fourth-order valence-electron chi connectivity index (χ4n) is 9.72. The van der Waals surface area contributed by atoms with Crippen molar-refractivity contribution in [2.24, 2.45) is 0 Å². The number of rotatable bonds is 5. The minimum absolute atomic E-state index is 0.586. The quantitative estimate of drug-likeness (QED) is 0.173. The Bertz CT molecular complexity index is 4140. The van der Waals surface area contributed by atoms with Crippen LogP contribution in [0.15, 0.2) is 203 Å². The lowest BCUT2D eigenvalue weighted by Crippen LogP contribution is -2.00. The normalized spacial score (nSPS) is 12.1. The van der Waals surface area contributed by atoms with E-state index in [1.54, 1.807) is 0 Å². The fourth-order valence-corrected chi connectivity index (χ4v) is 11.0. The Hall–Kier alpha value is -8.39. The van der Waals surface area contributed by atoms with Crippen LogP contribution < -0.4 is 0 Å². The standard InChI is InChI=1S/C57H32N4O2S/c1-3-12-33(13-4-1)55-58-56(34-14-5-2-6-15-34)60-57(59-55)36-22-25-40-44-30-35(23-28-47(44)63-50(40)31-36)38-18-11-20-49-52(38)45-32-37(24-29-48(45)62-49)61-46-19-9-7-16-39(46)42-26-27-43-41-17-8-10-21-51(41)64-54(43)53(42)61/h1-32H. The van der Waals surface area contributed by atoms with Crippen molar-refractivity contribution in [3.63, 3.8) is 0 Å². The van der Waals surface area contributed by atoms with Gasteiger partial charge in [0, 0.05) is 70.2 Å². The Morgan fingerprint density at radius 3 is 1.83 bits per heavy atom. The molecule has 0 saturated carbocycles. The number of para-hydroxylation sites is 1. The summed E-state index contributed by atoms with van der Waals surface area (Å²) in [7, 11) is 0. The number of benzene rings is 9. The van der Waals surface area contributed by atoms with Crippen LogP contribution in [0, 0.1) is 0 Å². The molecule has 14 rings (SSSR count). The van der Waals surface area contributed by atoms with Crippen LogP contribution in [0.1, 0.15) is 0 Å². The van der Waals surface area contributed by atoms with Gasteiger partial charge in [-0.15, -0.1) is 11.3 Å². The highest BCUT2D eigenvalue weighted by atomic mass is 32.1. The van der Waals surface area contributed by atoms with Crippen molar-refractivity contribution in [1.82, 2.24) is 19.5 Å². The van der Waals surface area contributed by atoms with E-state index < -0.39 is 0 Å². The lowest BCUT2D eigenvalue weighted by molar-refractivity contribution is 0.669. The molecule has 0 saturated heterocycles. The molecular formula is C57H32N4O2S. The predicted molar refractivity (Wildman–Crippen MR) is 263 cm³/mol. The average molecular weight is 837 g/mol. The third kappa shape index (κ3) is 5.28. The van der Waals surface area contributed by atoms with Gasteiger partial charge in [-0.1, -0.05) is 133 Å². The first-order chi connectivity index (χ1) is 31.7. The van der Waals surface area contributed by atoms with Crippen LogP contribution in [-0.4, -0.2) is 19.5 Å². The van der Waals surface area contributed by atoms with Crippen LogP contribution in [0.4, 0.5) is 0 Å². The minimum Gasteiger partial charge on any atom is -0.456 e. The predicted octanol–water partition coefficient (Wildman–Crippen LogP) is 15.8. The summed E-state index contributed by atoms with van der Waals surface area (Å²) >= 11 is 1.87. The first-order valence-electron chi connectivity index (χ1n) is 21.3. The van der Waals surface area contributed by atoms with Crippen LogP contribution in [0.5, 0.6) is 0 Å². The number of nitrogens with zero attached hydrogens (tertiary/aromatic N) is 4. The van der Waals surface area contributed by atoms with E-state index in [-0.39, 0.29) is 0 Å². The highest BCUT2D eigenvalue weighted by Crippen LogP contribution is 2.45. The molecule has 0 aliphatic heterocycles. The molecule has 9 aromatic carbocycles. The topological polar surface area (TPSA) is 69.9 Å². The Kier molecular flexibility index (Phi) is 7.46. The van der Waals surface area contributed by atoms with Crippen LogP contribution in [0.3, 0.4) is 0 Å². The highest BCUT2D eigenvalue weighted by molar-refractivity contribution is 7.26. The third-order valence-corrected chi connectivity index (χ3v) is 13.8.